The minimum atomic E-state index is -2.63. The number of rotatable bonds is 8. The lowest BCUT2D eigenvalue weighted by molar-refractivity contribution is -0.129. The number of likely N-dealkylation sites (tertiary alicyclic amines) is 1. The fourth-order valence-electron chi connectivity index (χ4n) is 6.91. The van der Waals surface area contributed by atoms with Crippen LogP contribution in [-0.2, 0) is 31.2 Å². The number of hydrogen-bond acceptors (Lipinski definition) is 6. The Balaban J connectivity index is 1.36. The first-order valence-corrected chi connectivity index (χ1v) is 15.2. The number of carbonyl (C=O) groups excluding carboxylic acids is 1. The molecule has 1 fully saturated rings. The van der Waals surface area contributed by atoms with E-state index in [0.29, 0.717) is 30.8 Å². The maximum Gasteiger partial charge on any atom is 0.264 e. The van der Waals surface area contributed by atoms with E-state index in [9.17, 15) is 13.6 Å². The normalized spacial score (nSPS) is 18.0. The third kappa shape index (κ3) is 5.56. The zero-order valence-corrected chi connectivity index (χ0v) is 24.6. The molecule has 1 aromatic carbocycles. The lowest BCUT2D eigenvalue weighted by atomic mass is 9.92. The van der Waals surface area contributed by atoms with Crippen molar-refractivity contribution in [1.29, 1.82) is 0 Å². The highest BCUT2D eigenvalue weighted by Gasteiger charge is 2.34. The van der Waals surface area contributed by atoms with Crippen LogP contribution in [0.4, 0.5) is 20.3 Å². The molecule has 0 saturated carbocycles. The van der Waals surface area contributed by atoms with Gasteiger partial charge in [0.25, 0.3) is 6.43 Å². The van der Waals surface area contributed by atoms with Crippen molar-refractivity contribution < 1.29 is 18.7 Å². The first kappa shape index (κ1) is 28.8. The Hall–Kier alpha value is -3.31. The van der Waals surface area contributed by atoms with Gasteiger partial charge in [0.1, 0.15) is 0 Å². The number of hydrogen-bond donors (Lipinski definition) is 1. The predicted octanol–water partition coefficient (Wildman–Crippen LogP) is 4.62. The highest BCUT2D eigenvalue weighted by atomic mass is 19.3. The predicted molar refractivity (Wildman–Crippen MR) is 157 cm³/mol. The van der Waals surface area contributed by atoms with Gasteiger partial charge in [-0.15, -0.1) is 0 Å². The van der Waals surface area contributed by atoms with Gasteiger partial charge in [0.15, 0.2) is 5.82 Å². The number of aliphatic hydroxyl groups excluding tert-OH is 1. The maximum atomic E-state index is 14.5. The van der Waals surface area contributed by atoms with Crippen molar-refractivity contribution in [1.82, 2.24) is 29.4 Å². The summed E-state index contributed by atoms with van der Waals surface area (Å²) in [5.41, 5.74) is 5.26. The Kier molecular flexibility index (Phi) is 8.31. The topological polar surface area (TPSA) is 82.7 Å². The fourth-order valence-corrected chi connectivity index (χ4v) is 6.91. The van der Waals surface area contributed by atoms with E-state index < -0.39 is 6.43 Å². The summed E-state index contributed by atoms with van der Waals surface area (Å²) in [6.45, 7) is 6.65. The second-order valence-corrected chi connectivity index (χ2v) is 11.9. The zero-order chi connectivity index (χ0) is 29.4. The second kappa shape index (κ2) is 12.1. The van der Waals surface area contributed by atoms with E-state index in [1.165, 1.54) is 5.69 Å². The number of fused-ring (bicyclic) bond motifs is 2. The van der Waals surface area contributed by atoms with Crippen LogP contribution in [-0.4, -0.2) is 79.7 Å². The standard InChI is InChI=1S/C31H41F2N7O2/c1-21(42)38-14-9-28-27(20-38)31(35-40(28)24-7-12-37(13-8-24)10-3-4-15-41)39-11-5-6-22-16-25(23-18-34-36(2)19-23)26(30(32)33)17-29(22)39/h16-19,24,30,41H,3-15,20H2,1-2H3. The van der Waals surface area contributed by atoms with Crippen molar-refractivity contribution in [3.8, 4) is 11.1 Å². The number of benzene rings is 1. The summed E-state index contributed by atoms with van der Waals surface area (Å²) in [5, 5.41) is 18.6. The van der Waals surface area contributed by atoms with E-state index in [-0.39, 0.29) is 24.1 Å². The number of aromatic nitrogens is 4. The molecule has 0 unspecified atom stereocenters. The minimum Gasteiger partial charge on any atom is -0.396 e. The Morgan fingerprint density at radius 1 is 1.12 bits per heavy atom. The van der Waals surface area contributed by atoms with Crippen LogP contribution in [0.25, 0.3) is 11.1 Å². The number of alkyl halides is 2. The first-order chi connectivity index (χ1) is 20.3. The summed E-state index contributed by atoms with van der Waals surface area (Å²) in [6, 6.07) is 3.83. The molecule has 3 aromatic rings. The van der Waals surface area contributed by atoms with Crippen LogP contribution in [0, 0.1) is 0 Å². The molecule has 3 aliphatic heterocycles. The monoisotopic (exact) mass is 581 g/mol. The third-order valence-corrected chi connectivity index (χ3v) is 9.17. The number of aliphatic hydroxyl groups is 1. The number of anilines is 2. The number of carbonyl (C=O) groups is 1. The summed E-state index contributed by atoms with van der Waals surface area (Å²) < 4.78 is 32.8. The van der Waals surface area contributed by atoms with Gasteiger partial charge in [0.05, 0.1) is 18.8 Å². The number of amides is 1. The summed E-state index contributed by atoms with van der Waals surface area (Å²) in [7, 11) is 1.79. The van der Waals surface area contributed by atoms with Gasteiger partial charge in [-0.1, -0.05) is 0 Å². The summed E-state index contributed by atoms with van der Waals surface area (Å²) in [5.74, 6) is 0.840. The van der Waals surface area contributed by atoms with Crippen LogP contribution in [0.5, 0.6) is 0 Å². The van der Waals surface area contributed by atoms with Crippen LogP contribution < -0.4 is 4.90 Å². The lowest BCUT2D eigenvalue weighted by Gasteiger charge is -2.34. The van der Waals surface area contributed by atoms with Crippen molar-refractivity contribution in [2.24, 2.45) is 7.05 Å². The van der Waals surface area contributed by atoms with Crippen molar-refractivity contribution in [2.75, 3.05) is 44.2 Å². The summed E-state index contributed by atoms with van der Waals surface area (Å²) >= 11 is 0. The molecule has 1 N–H and O–H groups in total. The zero-order valence-electron chi connectivity index (χ0n) is 24.6. The molecule has 2 aromatic heterocycles. The van der Waals surface area contributed by atoms with Gasteiger partial charge in [-0.05, 0) is 68.3 Å². The molecule has 42 heavy (non-hydrogen) atoms. The molecule has 9 nitrogen and oxygen atoms in total. The molecule has 0 spiro atoms. The maximum absolute atomic E-state index is 14.5. The quantitative estimate of drug-likeness (QED) is 0.391. The number of piperidine rings is 1. The average molecular weight is 582 g/mol. The van der Waals surface area contributed by atoms with Crippen molar-refractivity contribution in [2.45, 2.75) is 70.9 Å². The molecule has 0 radical (unpaired) electrons. The number of nitrogens with zero attached hydrogens (tertiary/aromatic N) is 7. The van der Waals surface area contributed by atoms with Gasteiger partial charge >= 0.3 is 0 Å². The average Bonchev–Trinajstić information content (AvgIpc) is 3.60. The van der Waals surface area contributed by atoms with E-state index >= 15 is 0 Å². The largest absolute Gasteiger partial charge is 0.396 e. The Labute approximate surface area is 245 Å². The van der Waals surface area contributed by atoms with Gasteiger partial charge in [0.2, 0.25) is 5.91 Å². The van der Waals surface area contributed by atoms with Crippen LogP contribution in [0.3, 0.4) is 0 Å². The molecule has 5 heterocycles. The molecule has 6 rings (SSSR count). The Morgan fingerprint density at radius 2 is 1.93 bits per heavy atom. The lowest BCUT2D eigenvalue weighted by Crippen LogP contribution is -2.38. The van der Waals surface area contributed by atoms with Crippen molar-refractivity contribution in [3.05, 3.63) is 46.9 Å². The van der Waals surface area contributed by atoms with E-state index in [0.717, 1.165) is 87.2 Å². The molecule has 11 heteroatoms. The van der Waals surface area contributed by atoms with Crippen molar-refractivity contribution >= 4 is 17.4 Å². The fraction of sp³-hybridized carbons (Fsp3) is 0.581. The number of halogens is 2. The van der Waals surface area contributed by atoms with Crippen LogP contribution in [0.15, 0.2) is 24.5 Å². The second-order valence-electron chi connectivity index (χ2n) is 11.9. The molecular formula is C31H41F2N7O2. The van der Waals surface area contributed by atoms with Crippen LogP contribution in [0.2, 0.25) is 0 Å². The van der Waals surface area contributed by atoms with Gasteiger partial charge in [-0.2, -0.15) is 10.2 Å². The van der Waals surface area contributed by atoms with Gasteiger partial charge in [-0.25, -0.2) is 8.78 Å². The van der Waals surface area contributed by atoms with Gasteiger partial charge in [0, 0.05) is 87.4 Å². The number of unbranched alkanes of at least 4 members (excludes halogenated alkanes) is 1. The molecule has 226 valence electrons. The highest BCUT2D eigenvalue weighted by Crippen LogP contribution is 2.43. The van der Waals surface area contributed by atoms with E-state index in [1.54, 1.807) is 37.1 Å². The third-order valence-electron chi connectivity index (χ3n) is 9.17. The number of aryl methyl sites for hydroxylation is 2. The van der Waals surface area contributed by atoms with E-state index in [4.69, 9.17) is 10.2 Å². The molecule has 0 bridgehead atoms. The minimum absolute atomic E-state index is 0.000817. The molecular weight excluding hydrogens is 540 g/mol. The highest BCUT2D eigenvalue weighted by molar-refractivity contribution is 5.78. The summed E-state index contributed by atoms with van der Waals surface area (Å²) in [4.78, 5) is 18.9. The molecule has 1 saturated heterocycles. The molecule has 0 atom stereocenters. The van der Waals surface area contributed by atoms with Gasteiger partial charge in [-0.3, -0.25) is 14.2 Å². The van der Waals surface area contributed by atoms with Gasteiger partial charge < -0.3 is 19.8 Å². The van der Waals surface area contributed by atoms with E-state index in [2.05, 4.69) is 19.6 Å². The first-order valence-electron chi connectivity index (χ1n) is 15.2. The Morgan fingerprint density at radius 3 is 2.62 bits per heavy atom. The molecule has 3 aliphatic rings. The van der Waals surface area contributed by atoms with Crippen LogP contribution >= 0.6 is 0 Å². The van der Waals surface area contributed by atoms with Crippen molar-refractivity contribution in [3.63, 3.8) is 0 Å². The van der Waals surface area contributed by atoms with E-state index in [1.807, 2.05) is 11.0 Å². The molecule has 0 aliphatic carbocycles. The van der Waals surface area contributed by atoms with Crippen LogP contribution in [0.1, 0.15) is 73.9 Å². The Bertz CT molecular complexity index is 1430. The SMILES string of the molecule is CC(=O)N1CCc2c(c(N3CCCc4cc(-c5cnn(C)c5)c(C(F)F)cc43)nn2C2CCN(CCCCO)CC2)C1. The molecule has 1 amide bonds. The summed E-state index contributed by atoms with van der Waals surface area (Å²) in [6.07, 6.45) is 7.03. The smallest absolute Gasteiger partial charge is 0.264 e.